The maximum absolute atomic E-state index is 12.5. The third kappa shape index (κ3) is 1.88. The number of carbonyl (C=O) groups is 2. The molecule has 7 atom stereocenters. The smallest absolute Gasteiger partial charge is 0.341 e. The molecule has 8 nitrogen and oxygen atoms in total. The molecule has 8 heteroatoms. The molecule has 4 fully saturated rings. The molecule has 0 aromatic heterocycles. The summed E-state index contributed by atoms with van der Waals surface area (Å²) >= 11 is 0. The maximum Gasteiger partial charge on any atom is 0.341 e. The number of ether oxygens (including phenoxy) is 3. The predicted octanol–water partition coefficient (Wildman–Crippen LogP) is -1.18. The molecule has 4 heterocycles. The Kier molecular flexibility index (Phi) is 3.18. The van der Waals surface area contributed by atoms with Crippen molar-refractivity contribution in [3.05, 3.63) is 0 Å². The topological polar surface area (TPSA) is 109 Å². The number of hydrogen-bond acceptors (Lipinski definition) is 8. The molecule has 1 spiro atoms. The molecule has 0 aromatic rings. The van der Waals surface area contributed by atoms with Crippen molar-refractivity contribution < 1.29 is 34.0 Å². The summed E-state index contributed by atoms with van der Waals surface area (Å²) in [5.41, 5.74) is -4.95. The quantitative estimate of drug-likeness (QED) is 0.419. The zero-order valence-electron chi connectivity index (χ0n) is 14.0. The summed E-state index contributed by atoms with van der Waals surface area (Å²) in [6.45, 7) is 5.33. The van der Waals surface area contributed by atoms with Crippen molar-refractivity contribution in [2.45, 2.75) is 62.2 Å². The van der Waals surface area contributed by atoms with E-state index in [-0.39, 0.29) is 24.9 Å². The second kappa shape index (κ2) is 4.69. The molecule has 4 aliphatic rings. The minimum Gasteiger partial charge on any atom is -0.460 e. The van der Waals surface area contributed by atoms with E-state index in [1.165, 1.54) is 13.8 Å². The van der Waals surface area contributed by atoms with Crippen molar-refractivity contribution in [1.82, 2.24) is 4.90 Å². The Morgan fingerprint density at radius 1 is 1.25 bits per heavy atom. The minimum absolute atomic E-state index is 0.0215. The summed E-state index contributed by atoms with van der Waals surface area (Å²) in [5, 5.41) is 21.2. The van der Waals surface area contributed by atoms with Crippen molar-refractivity contribution >= 4 is 11.9 Å². The molecule has 0 aromatic carbocycles. The second-order valence-electron chi connectivity index (χ2n) is 7.78. The van der Waals surface area contributed by atoms with E-state index in [0.717, 1.165) is 20.0 Å². The van der Waals surface area contributed by atoms with Crippen LogP contribution in [0.15, 0.2) is 0 Å². The van der Waals surface area contributed by atoms with Crippen molar-refractivity contribution in [2.75, 3.05) is 19.7 Å². The first-order valence-corrected chi connectivity index (χ1v) is 8.35. The predicted molar refractivity (Wildman–Crippen MR) is 78.8 cm³/mol. The van der Waals surface area contributed by atoms with Crippen molar-refractivity contribution in [3.63, 3.8) is 0 Å². The van der Waals surface area contributed by atoms with E-state index < -0.39 is 34.7 Å². The third-order valence-corrected chi connectivity index (χ3v) is 6.47. The van der Waals surface area contributed by atoms with Crippen LogP contribution in [0.4, 0.5) is 0 Å². The van der Waals surface area contributed by atoms with Gasteiger partial charge in [0.05, 0.1) is 12.0 Å². The Morgan fingerprint density at radius 3 is 2.67 bits per heavy atom. The van der Waals surface area contributed by atoms with Crippen molar-refractivity contribution in [2.24, 2.45) is 5.92 Å². The first-order valence-electron chi connectivity index (χ1n) is 8.35. The van der Waals surface area contributed by atoms with Gasteiger partial charge in [-0.2, -0.15) is 0 Å². The summed E-state index contributed by atoms with van der Waals surface area (Å²) < 4.78 is 16.8. The number of aliphatic hydroxyl groups is 2. The lowest BCUT2D eigenvalue weighted by Crippen LogP contribution is -2.61. The number of cyclic esters (lactones) is 1. The van der Waals surface area contributed by atoms with E-state index in [0.29, 0.717) is 6.42 Å². The maximum atomic E-state index is 12.5. The average Bonchev–Trinajstić information content (AvgIpc) is 2.90. The lowest BCUT2D eigenvalue weighted by Gasteiger charge is -2.39. The number of epoxide rings is 1. The van der Waals surface area contributed by atoms with Crippen LogP contribution >= 0.6 is 0 Å². The highest BCUT2D eigenvalue weighted by Gasteiger charge is 2.73. The van der Waals surface area contributed by atoms with Gasteiger partial charge >= 0.3 is 11.9 Å². The fraction of sp³-hybridized carbons (Fsp3) is 0.875. The standard InChI is InChI=1S/C16H23NO7/c1-8-12(18)23-9-4-5-17-6-10-16(24-10,11(9)17)7-22-13(19)15(3,21)14(8,2)20/h8-11,20-21H,4-7H2,1-3H3/t8-,9+,10-,11+,14+,15-,16-/m1/s1. The highest BCUT2D eigenvalue weighted by Crippen LogP contribution is 2.53. The molecule has 4 saturated heterocycles. The summed E-state index contributed by atoms with van der Waals surface area (Å²) in [5.74, 6) is -2.70. The van der Waals surface area contributed by atoms with E-state index in [9.17, 15) is 19.8 Å². The lowest BCUT2D eigenvalue weighted by molar-refractivity contribution is -0.205. The van der Waals surface area contributed by atoms with E-state index in [1.54, 1.807) is 0 Å². The normalized spacial score (nSPS) is 54.4. The monoisotopic (exact) mass is 341 g/mol. The van der Waals surface area contributed by atoms with Crippen LogP contribution in [-0.4, -0.2) is 81.8 Å². The molecule has 134 valence electrons. The average molecular weight is 341 g/mol. The molecule has 0 radical (unpaired) electrons. The Labute approximate surface area is 139 Å². The molecular formula is C16H23NO7. The highest BCUT2D eigenvalue weighted by atomic mass is 16.7. The Balaban J connectivity index is 1.71. The molecular weight excluding hydrogens is 318 g/mol. The molecule has 4 aliphatic heterocycles. The van der Waals surface area contributed by atoms with Gasteiger partial charge in [-0.25, -0.2) is 4.79 Å². The summed E-state index contributed by atoms with van der Waals surface area (Å²) in [7, 11) is 0. The highest BCUT2D eigenvalue weighted by molar-refractivity contribution is 5.83. The van der Waals surface area contributed by atoms with Crippen LogP contribution in [0.1, 0.15) is 27.2 Å². The van der Waals surface area contributed by atoms with Gasteiger partial charge in [0.25, 0.3) is 0 Å². The van der Waals surface area contributed by atoms with Gasteiger partial charge in [-0.1, -0.05) is 0 Å². The summed E-state index contributed by atoms with van der Waals surface area (Å²) in [6, 6.07) is -0.153. The van der Waals surface area contributed by atoms with E-state index in [1.807, 2.05) is 0 Å². The fourth-order valence-corrected chi connectivity index (χ4v) is 4.31. The Morgan fingerprint density at radius 2 is 1.96 bits per heavy atom. The number of morpholine rings is 1. The molecule has 0 bridgehead atoms. The number of rotatable bonds is 0. The molecule has 0 saturated carbocycles. The van der Waals surface area contributed by atoms with Gasteiger partial charge in [-0.15, -0.1) is 0 Å². The zero-order valence-corrected chi connectivity index (χ0v) is 14.0. The fourth-order valence-electron chi connectivity index (χ4n) is 4.31. The van der Waals surface area contributed by atoms with E-state index >= 15 is 0 Å². The second-order valence-corrected chi connectivity index (χ2v) is 7.78. The Hall–Kier alpha value is -1.22. The van der Waals surface area contributed by atoms with Gasteiger partial charge in [-0.05, 0) is 27.2 Å². The molecule has 2 N–H and O–H groups in total. The lowest BCUT2D eigenvalue weighted by atomic mass is 9.76. The van der Waals surface area contributed by atoms with Crippen LogP contribution in [-0.2, 0) is 23.8 Å². The van der Waals surface area contributed by atoms with Gasteiger partial charge in [0.2, 0.25) is 0 Å². The molecule has 0 aliphatic carbocycles. The third-order valence-electron chi connectivity index (χ3n) is 6.47. The first kappa shape index (κ1) is 16.3. The largest absolute Gasteiger partial charge is 0.460 e. The molecule has 24 heavy (non-hydrogen) atoms. The zero-order chi connectivity index (χ0) is 17.5. The minimum atomic E-state index is -2.25. The van der Waals surface area contributed by atoms with Gasteiger partial charge < -0.3 is 24.4 Å². The molecule has 0 amide bonds. The summed E-state index contributed by atoms with van der Waals surface area (Å²) in [6.07, 6.45) is 0.249. The summed E-state index contributed by atoms with van der Waals surface area (Å²) in [4.78, 5) is 27.1. The van der Waals surface area contributed by atoms with E-state index in [4.69, 9.17) is 14.2 Å². The van der Waals surface area contributed by atoms with Gasteiger partial charge in [0.15, 0.2) is 5.60 Å². The van der Waals surface area contributed by atoms with Crippen LogP contribution in [0.5, 0.6) is 0 Å². The van der Waals surface area contributed by atoms with Gasteiger partial charge in [0, 0.05) is 13.1 Å². The van der Waals surface area contributed by atoms with Crippen LogP contribution in [0, 0.1) is 5.92 Å². The first-order chi connectivity index (χ1) is 11.1. The van der Waals surface area contributed by atoms with E-state index in [2.05, 4.69) is 4.90 Å². The van der Waals surface area contributed by atoms with Crippen LogP contribution in [0.3, 0.4) is 0 Å². The molecule has 0 unspecified atom stereocenters. The SMILES string of the molecule is C[C@@H]1C(=O)O[C@H]2CCN3C[C@H]4O[C@@]4(COC(=O)[C@@](C)(O)[C@@]1(C)O)[C@H]23. The van der Waals surface area contributed by atoms with Crippen LogP contribution in [0.25, 0.3) is 0 Å². The van der Waals surface area contributed by atoms with Crippen molar-refractivity contribution in [1.29, 1.82) is 0 Å². The number of hydrogen-bond donors (Lipinski definition) is 2. The number of carbonyl (C=O) groups excluding carboxylic acids is 2. The van der Waals surface area contributed by atoms with Gasteiger partial charge in [0.1, 0.15) is 30.0 Å². The van der Waals surface area contributed by atoms with Gasteiger partial charge in [-0.3, -0.25) is 9.69 Å². The van der Waals surface area contributed by atoms with Crippen LogP contribution < -0.4 is 0 Å². The van der Waals surface area contributed by atoms with Crippen LogP contribution in [0.2, 0.25) is 0 Å². The number of esters is 2. The van der Waals surface area contributed by atoms with Crippen molar-refractivity contribution in [3.8, 4) is 0 Å². The number of nitrogens with zero attached hydrogens (tertiary/aromatic N) is 1. The molecule has 4 rings (SSSR count). The Bertz CT molecular complexity index is 603.